The number of halogens is 2. The van der Waals surface area contributed by atoms with Gasteiger partial charge in [0.15, 0.2) is 0 Å². The predicted octanol–water partition coefficient (Wildman–Crippen LogP) is 4.75. The van der Waals surface area contributed by atoms with Crippen LogP contribution in [0, 0.1) is 6.92 Å². The Bertz CT molecular complexity index is 881. The van der Waals surface area contributed by atoms with Crippen LogP contribution in [0.4, 0.5) is 14.5 Å². The van der Waals surface area contributed by atoms with Crippen LogP contribution in [0.2, 0.25) is 0 Å². The van der Waals surface area contributed by atoms with Crippen molar-refractivity contribution in [3.63, 3.8) is 0 Å². The van der Waals surface area contributed by atoms with E-state index in [1.54, 1.807) is 35.9 Å². The maximum absolute atomic E-state index is 12.7. The van der Waals surface area contributed by atoms with Gasteiger partial charge >= 0.3 is 0 Å². The fourth-order valence-corrected chi connectivity index (χ4v) is 3.02. The van der Waals surface area contributed by atoms with Crippen LogP contribution < -0.4 is 5.32 Å². The third-order valence-electron chi connectivity index (χ3n) is 3.61. The van der Waals surface area contributed by atoms with Gasteiger partial charge in [-0.25, -0.2) is 4.68 Å². The van der Waals surface area contributed by atoms with Crippen molar-refractivity contribution in [3.05, 3.63) is 72.1 Å². The van der Waals surface area contributed by atoms with Gasteiger partial charge in [-0.2, -0.15) is 13.9 Å². The number of nitrogens with zero attached hydrogens (tertiary/aromatic N) is 2. The Labute approximate surface area is 147 Å². The number of aromatic nitrogens is 2. The normalized spacial score (nSPS) is 10.9. The van der Waals surface area contributed by atoms with E-state index in [2.05, 4.69) is 10.4 Å². The monoisotopic (exact) mass is 359 g/mol. The number of hydrogen-bond acceptors (Lipinski definition) is 3. The minimum absolute atomic E-state index is 0.318. The second kappa shape index (κ2) is 7.48. The largest absolute Gasteiger partial charge is 0.321 e. The number of amides is 1. The van der Waals surface area contributed by atoms with Gasteiger partial charge in [0, 0.05) is 4.90 Å². The van der Waals surface area contributed by atoms with Gasteiger partial charge in [0.05, 0.1) is 28.8 Å². The van der Waals surface area contributed by atoms with E-state index in [9.17, 15) is 13.6 Å². The molecule has 7 heteroatoms. The highest BCUT2D eigenvalue weighted by atomic mass is 32.2. The lowest BCUT2D eigenvalue weighted by Crippen LogP contribution is -2.13. The van der Waals surface area contributed by atoms with E-state index in [0.29, 0.717) is 33.6 Å². The van der Waals surface area contributed by atoms with Gasteiger partial charge in [-0.15, -0.1) is 0 Å². The predicted molar refractivity (Wildman–Crippen MR) is 94.6 cm³/mol. The number of thioether (sulfide) groups is 1. The van der Waals surface area contributed by atoms with Gasteiger partial charge in [0.25, 0.3) is 11.7 Å². The van der Waals surface area contributed by atoms with E-state index in [1.165, 1.54) is 6.20 Å². The number of carbonyl (C=O) groups excluding carboxylic acids is 1. The number of anilines is 1. The molecule has 0 aliphatic rings. The molecule has 0 atom stereocenters. The van der Waals surface area contributed by atoms with E-state index in [4.69, 9.17) is 0 Å². The summed E-state index contributed by atoms with van der Waals surface area (Å²) in [5.41, 5.74) is 2.25. The zero-order valence-electron chi connectivity index (χ0n) is 13.3. The van der Waals surface area contributed by atoms with Crippen LogP contribution in [0.15, 0.2) is 65.7 Å². The Kier molecular flexibility index (Phi) is 5.14. The molecule has 0 saturated heterocycles. The molecule has 3 rings (SSSR count). The quantitative estimate of drug-likeness (QED) is 0.669. The SMILES string of the molecule is Cc1c(C(=O)Nc2ccccc2SC(F)F)cnn1-c1ccccc1. The molecule has 1 aromatic heterocycles. The average molecular weight is 359 g/mol. The van der Waals surface area contributed by atoms with Crippen LogP contribution in [0.25, 0.3) is 5.69 Å². The number of alkyl halides is 2. The van der Waals surface area contributed by atoms with E-state index in [1.807, 2.05) is 30.3 Å². The number of carbonyl (C=O) groups is 1. The Morgan fingerprint density at radius 2 is 1.80 bits per heavy atom. The number of benzene rings is 2. The van der Waals surface area contributed by atoms with Crippen LogP contribution in [0.5, 0.6) is 0 Å². The summed E-state index contributed by atoms with van der Waals surface area (Å²) in [6, 6.07) is 15.9. The zero-order chi connectivity index (χ0) is 17.8. The van der Waals surface area contributed by atoms with Gasteiger partial charge in [-0.1, -0.05) is 42.1 Å². The van der Waals surface area contributed by atoms with Crippen molar-refractivity contribution >= 4 is 23.4 Å². The van der Waals surface area contributed by atoms with E-state index in [0.717, 1.165) is 5.69 Å². The molecule has 3 aromatic rings. The highest BCUT2D eigenvalue weighted by Gasteiger charge is 2.17. The Hall–Kier alpha value is -2.67. The third kappa shape index (κ3) is 3.88. The first-order valence-electron chi connectivity index (χ1n) is 7.51. The van der Waals surface area contributed by atoms with Gasteiger partial charge in [-0.3, -0.25) is 4.79 Å². The Morgan fingerprint density at radius 1 is 1.12 bits per heavy atom. The minimum Gasteiger partial charge on any atom is -0.321 e. The number of para-hydroxylation sites is 2. The van der Waals surface area contributed by atoms with Crippen molar-refractivity contribution in [2.45, 2.75) is 17.6 Å². The standard InChI is InChI=1S/C18H15F2N3OS/c1-12-14(11-21-23(12)13-7-3-2-4-8-13)17(24)22-15-9-5-6-10-16(15)25-18(19)20/h2-11,18H,1H3,(H,22,24). The molecule has 0 bridgehead atoms. The zero-order valence-corrected chi connectivity index (χ0v) is 14.1. The van der Waals surface area contributed by atoms with Crippen molar-refractivity contribution in [1.29, 1.82) is 0 Å². The smallest absolute Gasteiger partial charge is 0.288 e. The second-order valence-corrected chi connectivity index (χ2v) is 6.25. The molecule has 0 fully saturated rings. The molecule has 128 valence electrons. The molecule has 4 nitrogen and oxygen atoms in total. The maximum Gasteiger partial charge on any atom is 0.288 e. The van der Waals surface area contributed by atoms with Gasteiger partial charge in [-0.05, 0) is 31.2 Å². The first-order chi connectivity index (χ1) is 12.1. The lowest BCUT2D eigenvalue weighted by Gasteiger charge is -2.10. The molecular formula is C18H15F2N3OS. The molecule has 0 aliphatic heterocycles. The summed E-state index contributed by atoms with van der Waals surface area (Å²) in [7, 11) is 0. The molecule has 0 radical (unpaired) electrons. The third-order valence-corrected chi connectivity index (χ3v) is 4.39. The lowest BCUT2D eigenvalue weighted by molar-refractivity contribution is 0.102. The molecule has 1 N–H and O–H groups in total. The van der Waals surface area contributed by atoms with Crippen molar-refractivity contribution in [3.8, 4) is 5.69 Å². The van der Waals surface area contributed by atoms with Crippen LogP contribution in [0.1, 0.15) is 16.1 Å². The van der Waals surface area contributed by atoms with Crippen LogP contribution >= 0.6 is 11.8 Å². The number of nitrogens with one attached hydrogen (secondary N) is 1. The summed E-state index contributed by atoms with van der Waals surface area (Å²) in [6.07, 6.45) is 1.47. The highest BCUT2D eigenvalue weighted by molar-refractivity contribution is 7.99. The van der Waals surface area contributed by atoms with Crippen molar-refractivity contribution in [2.75, 3.05) is 5.32 Å². The molecule has 0 aliphatic carbocycles. The second-order valence-electron chi connectivity index (χ2n) is 5.22. The lowest BCUT2D eigenvalue weighted by atomic mass is 10.2. The minimum atomic E-state index is -2.55. The van der Waals surface area contributed by atoms with Gasteiger partial charge in [0.2, 0.25) is 0 Å². The fraction of sp³-hybridized carbons (Fsp3) is 0.111. The Morgan fingerprint density at radius 3 is 2.52 bits per heavy atom. The van der Waals surface area contributed by atoms with Crippen LogP contribution in [-0.2, 0) is 0 Å². The van der Waals surface area contributed by atoms with E-state index < -0.39 is 5.76 Å². The van der Waals surface area contributed by atoms with Crippen LogP contribution in [-0.4, -0.2) is 21.4 Å². The molecule has 2 aromatic carbocycles. The van der Waals surface area contributed by atoms with E-state index >= 15 is 0 Å². The molecule has 25 heavy (non-hydrogen) atoms. The molecular weight excluding hydrogens is 344 g/mol. The summed E-state index contributed by atoms with van der Waals surface area (Å²) in [5.74, 6) is -2.94. The van der Waals surface area contributed by atoms with Crippen molar-refractivity contribution in [2.24, 2.45) is 0 Å². The summed E-state index contributed by atoms with van der Waals surface area (Å²) < 4.78 is 27.0. The Balaban J connectivity index is 1.85. The first kappa shape index (κ1) is 17.2. The van der Waals surface area contributed by atoms with Crippen LogP contribution in [0.3, 0.4) is 0 Å². The first-order valence-corrected chi connectivity index (χ1v) is 8.39. The maximum atomic E-state index is 12.7. The molecule has 0 unspecified atom stereocenters. The molecule has 0 spiro atoms. The van der Waals surface area contributed by atoms with Gasteiger partial charge in [0.1, 0.15) is 0 Å². The number of rotatable bonds is 5. The summed E-state index contributed by atoms with van der Waals surface area (Å²) in [6.45, 7) is 1.79. The fourth-order valence-electron chi connectivity index (χ4n) is 2.42. The highest BCUT2D eigenvalue weighted by Crippen LogP contribution is 2.32. The average Bonchev–Trinajstić information content (AvgIpc) is 2.98. The number of hydrogen-bond donors (Lipinski definition) is 1. The topological polar surface area (TPSA) is 46.9 Å². The molecule has 0 saturated carbocycles. The van der Waals surface area contributed by atoms with Crippen molar-refractivity contribution < 1.29 is 13.6 Å². The van der Waals surface area contributed by atoms with Crippen molar-refractivity contribution in [1.82, 2.24) is 9.78 Å². The molecule has 1 amide bonds. The van der Waals surface area contributed by atoms with E-state index in [-0.39, 0.29) is 5.91 Å². The summed E-state index contributed by atoms with van der Waals surface area (Å²) >= 11 is 0.400. The summed E-state index contributed by atoms with van der Waals surface area (Å²) in [5, 5.41) is 6.94. The van der Waals surface area contributed by atoms with Gasteiger partial charge < -0.3 is 5.32 Å². The summed E-state index contributed by atoms with van der Waals surface area (Å²) in [4.78, 5) is 12.9. The molecule has 1 heterocycles.